The number of unbranched alkanes of at least 4 members (excludes halogenated alkanes) is 13. The fourth-order valence-electron chi connectivity index (χ4n) is 4.07. The van der Waals surface area contributed by atoms with Crippen molar-refractivity contribution >= 4 is 11.9 Å². The molecule has 0 amide bonds. The van der Waals surface area contributed by atoms with Crippen LogP contribution in [-0.2, 0) is 9.59 Å². The van der Waals surface area contributed by atoms with E-state index in [1.807, 2.05) is 18.2 Å². The predicted octanol–water partition coefficient (Wildman–Crippen LogP) is 12.4. The van der Waals surface area contributed by atoms with Crippen molar-refractivity contribution in [3.05, 3.63) is 97.2 Å². The minimum absolute atomic E-state index is 0.262. The van der Waals surface area contributed by atoms with Crippen LogP contribution in [0.3, 0.4) is 0 Å². The SMILES string of the molecule is CCCCC/C=C\C/C=C\C/C=C\C/C=C\CCCC(=O)O.CCCCCCCCCCCC=CC=CC=CC=CC(=O)O. The van der Waals surface area contributed by atoms with Crippen LogP contribution < -0.4 is 0 Å². The summed E-state index contributed by atoms with van der Waals surface area (Å²) in [5, 5.41) is 16.9. The highest BCUT2D eigenvalue weighted by Gasteiger charge is 1.93. The first-order valence-corrected chi connectivity index (χ1v) is 17.3. The molecule has 0 aromatic heterocycles. The fraction of sp³-hybridized carbons (Fsp3) is 0.550. The van der Waals surface area contributed by atoms with Crippen molar-refractivity contribution in [3.63, 3.8) is 0 Å². The minimum Gasteiger partial charge on any atom is -0.481 e. The van der Waals surface area contributed by atoms with Gasteiger partial charge < -0.3 is 10.2 Å². The van der Waals surface area contributed by atoms with E-state index in [1.165, 1.54) is 89.5 Å². The van der Waals surface area contributed by atoms with Crippen LogP contribution in [-0.4, -0.2) is 22.2 Å². The highest BCUT2D eigenvalue weighted by Crippen LogP contribution is 2.10. The number of hydrogen-bond acceptors (Lipinski definition) is 2. The molecule has 0 spiro atoms. The van der Waals surface area contributed by atoms with Gasteiger partial charge in [0.25, 0.3) is 0 Å². The second-order valence-electron chi connectivity index (χ2n) is 10.9. The number of aliphatic carboxylic acids is 2. The average Bonchev–Trinajstić information content (AvgIpc) is 3.00. The molecule has 0 atom stereocenters. The molecule has 0 heterocycles. The molecule has 0 radical (unpaired) electrons. The molecule has 0 saturated carbocycles. The molecular formula is C40H64O4. The van der Waals surface area contributed by atoms with E-state index in [1.54, 1.807) is 6.08 Å². The molecule has 44 heavy (non-hydrogen) atoms. The number of hydrogen-bond donors (Lipinski definition) is 2. The molecule has 0 aliphatic heterocycles. The van der Waals surface area contributed by atoms with Crippen LogP contribution in [0.15, 0.2) is 97.2 Å². The van der Waals surface area contributed by atoms with Gasteiger partial charge in [0.1, 0.15) is 0 Å². The quantitative estimate of drug-likeness (QED) is 0.0401. The molecule has 4 heteroatoms. The Balaban J connectivity index is 0. The van der Waals surface area contributed by atoms with Gasteiger partial charge in [-0.3, -0.25) is 4.79 Å². The minimum atomic E-state index is -0.922. The Bertz CT molecular complexity index is 868. The molecule has 0 aliphatic carbocycles. The van der Waals surface area contributed by atoms with Gasteiger partial charge >= 0.3 is 11.9 Å². The van der Waals surface area contributed by atoms with Crippen LogP contribution in [0, 0.1) is 0 Å². The van der Waals surface area contributed by atoms with E-state index in [0.29, 0.717) is 0 Å². The number of carbonyl (C=O) groups is 2. The Labute approximate surface area is 270 Å². The van der Waals surface area contributed by atoms with Gasteiger partial charge in [-0.15, -0.1) is 0 Å². The monoisotopic (exact) mass is 608 g/mol. The average molecular weight is 609 g/mol. The topological polar surface area (TPSA) is 74.6 Å². The Morgan fingerprint density at radius 3 is 1.34 bits per heavy atom. The Hall–Kier alpha value is -3.14. The summed E-state index contributed by atoms with van der Waals surface area (Å²) in [7, 11) is 0. The molecule has 0 saturated heterocycles. The molecule has 4 nitrogen and oxygen atoms in total. The van der Waals surface area contributed by atoms with Crippen molar-refractivity contribution < 1.29 is 19.8 Å². The Morgan fingerprint density at radius 2 is 0.818 bits per heavy atom. The van der Waals surface area contributed by atoms with Crippen molar-refractivity contribution in [3.8, 4) is 0 Å². The van der Waals surface area contributed by atoms with E-state index in [0.717, 1.165) is 44.6 Å². The third-order valence-electron chi connectivity index (χ3n) is 6.62. The first-order valence-electron chi connectivity index (χ1n) is 17.3. The van der Waals surface area contributed by atoms with Crippen molar-refractivity contribution in [1.82, 2.24) is 0 Å². The van der Waals surface area contributed by atoms with Gasteiger partial charge in [0, 0.05) is 12.5 Å². The molecule has 0 bridgehead atoms. The van der Waals surface area contributed by atoms with E-state index in [9.17, 15) is 9.59 Å². The zero-order chi connectivity index (χ0) is 32.6. The van der Waals surface area contributed by atoms with Gasteiger partial charge in [0.2, 0.25) is 0 Å². The summed E-state index contributed by atoms with van der Waals surface area (Å²) in [5.41, 5.74) is 0. The molecule has 0 unspecified atom stereocenters. The highest BCUT2D eigenvalue weighted by molar-refractivity contribution is 5.80. The maximum atomic E-state index is 10.3. The van der Waals surface area contributed by atoms with E-state index in [2.05, 4.69) is 74.6 Å². The third kappa shape index (κ3) is 45.8. The smallest absolute Gasteiger partial charge is 0.328 e. The molecule has 0 aromatic rings. The van der Waals surface area contributed by atoms with E-state index >= 15 is 0 Å². The van der Waals surface area contributed by atoms with Crippen LogP contribution in [0.2, 0.25) is 0 Å². The third-order valence-corrected chi connectivity index (χ3v) is 6.62. The maximum Gasteiger partial charge on any atom is 0.328 e. The van der Waals surface area contributed by atoms with Crippen LogP contribution in [0.5, 0.6) is 0 Å². The van der Waals surface area contributed by atoms with E-state index in [-0.39, 0.29) is 6.42 Å². The van der Waals surface area contributed by atoms with Gasteiger partial charge in [0.15, 0.2) is 0 Å². The first-order chi connectivity index (χ1) is 21.5. The molecular weight excluding hydrogens is 544 g/mol. The predicted molar refractivity (Wildman–Crippen MR) is 192 cm³/mol. The second-order valence-corrected chi connectivity index (χ2v) is 10.9. The van der Waals surface area contributed by atoms with Crippen LogP contribution in [0.1, 0.15) is 142 Å². The summed E-state index contributed by atoms with van der Waals surface area (Å²) in [6, 6.07) is 0. The lowest BCUT2D eigenvalue weighted by atomic mass is 10.1. The lowest BCUT2D eigenvalue weighted by Crippen LogP contribution is -1.92. The summed E-state index contributed by atoms with van der Waals surface area (Å²) in [6.07, 6.45) is 55.1. The number of carboxylic acid groups (broad SMARTS) is 2. The standard InChI is InChI=1S/2C20H32O2/c2*1-2-3-4-5-6-7-8-9-10-11-12-13-14-15-16-17-18-19-20(21)22/h12-19H,2-11H2,1H3,(H,21,22);6-7,9-10,12-13,15-16H,2-5,8,11,14,17-19H2,1H3,(H,21,22)/b;7-6-,10-9-,13-12-,16-15-. The molecule has 0 aliphatic rings. The zero-order valence-electron chi connectivity index (χ0n) is 28.1. The van der Waals surface area contributed by atoms with Crippen molar-refractivity contribution in [1.29, 1.82) is 0 Å². The van der Waals surface area contributed by atoms with Crippen molar-refractivity contribution in [2.75, 3.05) is 0 Å². The Kier molecular flexibility index (Phi) is 38.9. The first kappa shape index (κ1) is 43.0. The summed E-state index contributed by atoms with van der Waals surface area (Å²) in [6.45, 7) is 4.49. The van der Waals surface area contributed by atoms with E-state index in [4.69, 9.17) is 10.2 Å². The molecule has 0 fully saturated rings. The number of rotatable bonds is 28. The van der Waals surface area contributed by atoms with Crippen molar-refractivity contribution in [2.45, 2.75) is 142 Å². The van der Waals surface area contributed by atoms with Crippen LogP contribution >= 0.6 is 0 Å². The number of allylic oxidation sites excluding steroid dienone is 15. The summed E-state index contributed by atoms with van der Waals surface area (Å²) >= 11 is 0. The lowest BCUT2D eigenvalue weighted by molar-refractivity contribution is -0.137. The summed E-state index contributed by atoms with van der Waals surface area (Å²) in [4.78, 5) is 20.5. The van der Waals surface area contributed by atoms with Crippen molar-refractivity contribution in [2.24, 2.45) is 0 Å². The molecule has 0 rings (SSSR count). The number of carboxylic acids is 2. The summed E-state index contributed by atoms with van der Waals surface area (Å²) in [5.74, 6) is -1.63. The summed E-state index contributed by atoms with van der Waals surface area (Å²) < 4.78 is 0. The second kappa shape index (κ2) is 39.9. The largest absolute Gasteiger partial charge is 0.481 e. The zero-order valence-corrected chi connectivity index (χ0v) is 28.1. The van der Waals surface area contributed by atoms with Crippen LogP contribution in [0.25, 0.3) is 0 Å². The highest BCUT2D eigenvalue weighted by atomic mass is 16.4. The fourth-order valence-corrected chi connectivity index (χ4v) is 4.07. The molecule has 248 valence electrons. The van der Waals surface area contributed by atoms with Crippen LogP contribution in [0.4, 0.5) is 0 Å². The lowest BCUT2D eigenvalue weighted by Gasteiger charge is -2.00. The van der Waals surface area contributed by atoms with Gasteiger partial charge in [-0.1, -0.05) is 169 Å². The molecule has 2 N–H and O–H groups in total. The van der Waals surface area contributed by atoms with Gasteiger partial charge in [-0.2, -0.15) is 0 Å². The molecule has 0 aromatic carbocycles. The van der Waals surface area contributed by atoms with Gasteiger partial charge in [-0.05, 0) is 57.8 Å². The normalized spacial score (nSPS) is 12.4. The maximum absolute atomic E-state index is 10.3. The van der Waals surface area contributed by atoms with E-state index < -0.39 is 11.9 Å². The van der Waals surface area contributed by atoms with Gasteiger partial charge in [0.05, 0.1) is 0 Å². The van der Waals surface area contributed by atoms with Gasteiger partial charge in [-0.25, -0.2) is 4.79 Å². The Morgan fingerprint density at radius 1 is 0.432 bits per heavy atom.